The van der Waals surface area contributed by atoms with Gasteiger partial charge in [-0.15, -0.1) is 20.4 Å². The molecule has 4 aromatic heterocycles. The van der Waals surface area contributed by atoms with Gasteiger partial charge in [-0.25, -0.2) is 17.6 Å². The van der Waals surface area contributed by atoms with E-state index in [2.05, 4.69) is 40.6 Å². The molecule has 2 aliphatic carbocycles. The van der Waals surface area contributed by atoms with Crippen molar-refractivity contribution in [2.75, 3.05) is 44.2 Å². The quantitative estimate of drug-likeness (QED) is 0.207. The van der Waals surface area contributed by atoms with Crippen LogP contribution in [0.3, 0.4) is 0 Å². The number of alkyl halides is 4. The lowest BCUT2D eigenvalue weighted by atomic mass is 9.85. The van der Waals surface area contributed by atoms with Crippen LogP contribution in [0.4, 0.5) is 23.4 Å². The van der Waals surface area contributed by atoms with Crippen LogP contribution >= 0.6 is 34.8 Å². The third kappa shape index (κ3) is 10.5. The molecule has 1 N–H and O–H groups in total. The number of anilines is 1. The monoisotopic (exact) mass is 854 g/mol. The van der Waals surface area contributed by atoms with Crippen molar-refractivity contribution in [1.82, 2.24) is 45.5 Å². The summed E-state index contributed by atoms with van der Waals surface area (Å²) in [6.45, 7) is 8.00. The van der Waals surface area contributed by atoms with Gasteiger partial charge in [-0.2, -0.15) is 0 Å². The molecule has 2 aliphatic heterocycles. The maximum atomic E-state index is 13.4. The van der Waals surface area contributed by atoms with E-state index in [1.165, 1.54) is 0 Å². The third-order valence-electron chi connectivity index (χ3n) is 11.1. The van der Waals surface area contributed by atoms with E-state index in [1.807, 2.05) is 23.6 Å². The zero-order valence-electron chi connectivity index (χ0n) is 31.7. The predicted octanol–water partition coefficient (Wildman–Crippen LogP) is 7.50. The van der Waals surface area contributed by atoms with E-state index in [0.717, 1.165) is 34.6 Å². The van der Waals surface area contributed by atoms with Crippen molar-refractivity contribution in [2.45, 2.75) is 89.1 Å². The average molecular weight is 856 g/mol. The Morgan fingerprint density at radius 2 is 1.14 bits per heavy atom. The summed E-state index contributed by atoms with van der Waals surface area (Å²) < 4.78 is 52.8. The van der Waals surface area contributed by atoms with Crippen LogP contribution in [0.1, 0.15) is 65.2 Å². The molecule has 0 bridgehead atoms. The molecule has 0 unspecified atom stereocenters. The van der Waals surface area contributed by atoms with Gasteiger partial charge in [-0.05, 0) is 51.7 Å². The molecule has 0 aromatic carbocycles. The van der Waals surface area contributed by atoms with Crippen LogP contribution < -0.4 is 10.2 Å². The highest BCUT2D eigenvalue weighted by Gasteiger charge is 2.41. The summed E-state index contributed by atoms with van der Waals surface area (Å²) in [6.07, 6.45) is 7.15. The Morgan fingerprint density at radius 3 is 1.65 bits per heavy atom. The van der Waals surface area contributed by atoms with Gasteiger partial charge in [-0.3, -0.25) is 19.6 Å². The Morgan fingerprint density at radius 1 is 0.667 bits per heavy atom. The minimum Gasteiger partial charge on any atom is -0.351 e. The third-order valence-corrected chi connectivity index (χ3v) is 12.0. The maximum absolute atomic E-state index is 13.4. The normalized spacial score (nSPS) is 22.6. The molecular formula is C38H45Cl3F4N10O2. The minimum absolute atomic E-state index is 0.00337. The van der Waals surface area contributed by atoms with Crippen molar-refractivity contribution in [3.8, 4) is 0 Å². The Kier molecular flexibility index (Phi) is 13.9. The molecule has 2 atom stereocenters. The van der Waals surface area contributed by atoms with Crippen molar-refractivity contribution >= 4 is 74.0 Å². The standard InChI is InChI=1S/C19H22ClF2N5O.C12H20F2N2O.C7H3Cl2N3/c1-12-11-26(17-15-10-23-7-4-14(15)16(20)24-25-17)8-9-27(12)18(28)13-2-5-19(21,22)6-3-13;1-9-8-15-6-7-16(9)11(17)10-2-4-12(13,14)5-3-10;8-6-4-1-2-10-3-5(4)7(9)12-11-6/h4,7,10,12-13H,2-3,5-6,8-9,11H2,1H3;9-10,15H,2-8H2,1H3;1-3H/t12-;9-;/m00./s1. The first kappa shape index (κ1) is 42.9. The smallest absolute Gasteiger partial charge is 0.248 e. The van der Waals surface area contributed by atoms with E-state index < -0.39 is 11.8 Å². The predicted molar refractivity (Wildman–Crippen MR) is 211 cm³/mol. The number of halogens is 7. The first-order chi connectivity index (χ1) is 27.1. The maximum Gasteiger partial charge on any atom is 0.248 e. The molecule has 308 valence electrons. The molecule has 0 spiro atoms. The van der Waals surface area contributed by atoms with E-state index in [0.29, 0.717) is 60.3 Å². The Hall–Kier alpha value is -3.73. The van der Waals surface area contributed by atoms with Gasteiger partial charge in [0.2, 0.25) is 23.7 Å². The molecule has 0 radical (unpaired) electrons. The lowest BCUT2D eigenvalue weighted by Crippen LogP contribution is -2.56. The first-order valence-corrected chi connectivity index (χ1v) is 20.3. The van der Waals surface area contributed by atoms with Crippen LogP contribution in [0.25, 0.3) is 21.5 Å². The van der Waals surface area contributed by atoms with Crippen molar-refractivity contribution < 1.29 is 27.2 Å². The highest BCUT2D eigenvalue weighted by Crippen LogP contribution is 2.39. The fourth-order valence-corrected chi connectivity index (χ4v) is 8.40. The van der Waals surface area contributed by atoms with Crippen molar-refractivity contribution in [3.05, 3.63) is 52.4 Å². The molecular weight excluding hydrogens is 811 g/mol. The molecule has 19 heteroatoms. The molecule has 2 saturated carbocycles. The number of carbonyl (C=O) groups excluding carboxylic acids is 2. The number of fused-ring (bicyclic) bond motifs is 2. The minimum atomic E-state index is -2.62. The van der Waals surface area contributed by atoms with E-state index in [1.54, 1.807) is 36.9 Å². The molecule has 2 amide bonds. The molecule has 4 aliphatic rings. The Labute approximate surface area is 343 Å². The summed E-state index contributed by atoms with van der Waals surface area (Å²) in [5.74, 6) is -4.88. The van der Waals surface area contributed by atoms with Crippen molar-refractivity contribution in [3.63, 3.8) is 0 Å². The van der Waals surface area contributed by atoms with Gasteiger partial charge in [0.05, 0.1) is 0 Å². The summed E-state index contributed by atoms with van der Waals surface area (Å²) in [5, 5.41) is 22.9. The van der Waals surface area contributed by atoms with Crippen LogP contribution in [0.2, 0.25) is 15.5 Å². The SMILES string of the molecule is C[C@H]1CN(c2nnc(Cl)c3ccncc23)CCN1C(=O)C1CCC(F)(F)CC1.C[C@H]1CNCCN1C(=O)C1CCC(F)(F)CC1.Clc1nnc(Cl)c2cnccc12. The van der Waals surface area contributed by atoms with Gasteiger partial charge in [0.25, 0.3) is 0 Å². The van der Waals surface area contributed by atoms with E-state index in [-0.39, 0.29) is 74.3 Å². The number of amides is 2. The summed E-state index contributed by atoms with van der Waals surface area (Å²) >= 11 is 17.7. The Bertz CT molecular complexity index is 1990. The lowest BCUT2D eigenvalue weighted by molar-refractivity contribution is -0.143. The number of nitrogens with zero attached hydrogens (tertiary/aromatic N) is 9. The van der Waals surface area contributed by atoms with Crippen LogP contribution in [0, 0.1) is 11.8 Å². The number of hydrogen-bond donors (Lipinski definition) is 1. The van der Waals surface area contributed by atoms with Gasteiger partial charge in [0.15, 0.2) is 21.3 Å². The number of aromatic nitrogens is 6. The van der Waals surface area contributed by atoms with Crippen LogP contribution in [-0.4, -0.2) is 115 Å². The van der Waals surface area contributed by atoms with Crippen LogP contribution in [-0.2, 0) is 9.59 Å². The molecule has 2 saturated heterocycles. The van der Waals surface area contributed by atoms with Crippen LogP contribution in [0.15, 0.2) is 36.9 Å². The number of piperazine rings is 2. The second-order valence-electron chi connectivity index (χ2n) is 15.1. The summed E-state index contributed by atoms with van der Waals surface area (Å²) in [7, 11) is 0. The van der Waals surface area contributed by atoms with E-state index in [4.69, 9.17) is 34.8 Å². The zero-order valence-corrected chi connectivity index (χ0v) is 33.9. The number of hydrogen-bond acceptors (Lipinski definition) is 10. The molecule has 8 rings (SSSR count). The molecule has 12 nitrogen and oxygen atoms in total. The van der Waals surface area contributed by atoms with Crippen LogP contribution in [0.5, 0.6) is 0 Å². The average Bonchev–Trinajstić information content (AvgIpc) is 3.20. The van der Waals surface area contributed by atoms with Gasteiger partial charge in [0, 0.05) is 135 Å². The fourth-order valence-electron chi connectivity index (χ4n) is 7.81. The number of pyridine rings is 2. The van der Waals surface area contributed by atoms with Crippen molar-refractivity contribution in [2.24, 2.45) is 11.8 Å². The first-order valence-electron chi connectivity index (χ1n) is 19.1. The van der Waals surface area contributed by atoms with E-state index in [9.17, 15) is 27.2 Å². The van der Waals surface area contributed by atoms with Gasteiger partial charge in [-0.1, -0.05) is 34.8 Å². The molecule has 57 heavy (non-hydrogen) atoms. The number of carbonyl (C=O) groups is 2. The zero-order chi connectivity index (χ0) is 40.9. The largest absolute Gasteiger partial charge is 0.351 e. The van der Waals surface area contributed by atoms with Crippen molar-refractivity contribution in [1.29, 1.82) is 0 Å². The lowest BCUT2D eigenvalue weighted by Gasteiger charge is -2.42. The topological polar surface area (TPSA) is 133 Å². The molecule has 4 aromatic rings. The molecule has 4 fully saturated rings. The van der Waals surface area contributed by atoms with E-state index >= 15 is 0 Å². The van der Waals surface area contributed by atoms with Gasteiger partial charge < -0.3 is 20.0 Å². The second-order valence-corrected chi connectivity index (χ2v) is 16.2. The highest BCUT2D eigenvalue weighted by atomic mass is 35.5. The Balaban J connectivity index is 0.000000160. The highest BCUT2D eigenvalue weighted by molar-refractivity contribution is 6.38. The summed E-state index contributed by atoms with van der Waals surface area (Å²) in [4.78, 5) is 38.9. The second kappa shape index (κ2) is 18.5. The van der Waals surface area contributed by atoms with Gasteiger partial charge >= 0.3 is 0 Å². The fraction of sp³-hybridized carbons (Fsp3) is 0.579. The van der Waals surface area contributed by atoms with Gasteiger partial charge in [0.1, 0.15) is 0 Å². The number of nitrogens with one attached hydrogen (secondary N) is 1. The summed E-state index contributed by atoms with van der Waals surface area (Å²) in [6, 6.07) is 3.68. The number of rotatable bonds is 3. The molecule has 6 heterocycles. The summed E-state index contributed by atoms with van der Waals surface area (Å²) in [5.41, 5.74) is 0.